The van der Waals surface area contributed by atoms with Gasteiger partial charge in [-0.25, -0.2) is 4.39 Å². The number of ether oxygens (including phenoxy) is 1. The van der Waals surface area contributed by atoms with Crippen molar-refractivity contribution in [2.45, 2.75) is 44.4 Å². The van der Waals surface area contributed by atoms with Gasteiger partial charge in [0.25, 0.3) is 0 Å². The molecule has 0 radical (unpaired) electrons. The number of hydrogen-bond acceptors (Lipinski definition) is 1. The van der Waals surface area contributed by atoms with E-state index < -0.39 is 0 Å². The molecule has 1 aromatic carbocycles. The van der Waals surface area contributed by atoms with E-state index in [1.807, 2.05) is 12.1 Å². The Morgan fingerprint density at radius 1 is 1.37 bits per heavy atom. The van der Waals surface area contributed by atoms with Crippen molar-refractivity contribution in [2.24, 2.45) is 11.8 Å². The van der Waals surface area contributed by atoms with Gasteiger partial charge in [-0.1, -0.05) is 25.5 Å². The van der Waals surface area contributed by atoms with Crippen LogP contribution in [0.25, 0.3) is 0 Å². The van der Waals surface area contributed by atoms with Crippen molar-refractivity contribution in [2.75, 3.05) is 7.11 Å². The molecule has 0 aromatic heterocycles. The molecule has 3 atom stereocenters. The number of rotatable bonds is 4. The van der Waals surface area contributed by atoms with Crippen LogP contribution in [0, 0.1) is 17.7 Å². The van der Waals surface area contributed by atoms with Crippen LogP contribution in [0.4, 0.5) is 4.39 Å². The van der Waals surface area contributed by atoms with Crippen molar-refractivity contribution in [3.05, 3.63) is 29.6 Å². The zero-order chi connectivity index (χ0) is 13.8. The molecule has 1 saturated carbocycles. The van der Waals surface area contributed by atoms with Crippen LogP contribution in [0.2, 0.25) is 0 Å². The molecular weight excluding hydrogens is 263 g/mol. The lowest BCUT2D eigenvalue weighted by Gasteiger charge is -2.32. The highest BCUT2D eigenvalue weighted by Gasteiger charge is 2.29. The summed E-state index contributed by atoms with van der Waals surface area (Å²) in [6.45, 7) is 2.22. The van der Waals surface area contributed by atoms with E-state index in [0.29, 0.717) is 18.1 Å². The quantitative estimate of drug-likeness (QED) is 0.721. The first-order chi connectivity index (χ1) is 9.15. The average Bonchev–Trinajstić information content (AvgIpc) is 2.43. The molecule has 0 aliphatic heterocycles. The summed E-state index contributed by atoms with van der Waals surface area (Å²) in [5.74, 6) is 1.22. The Hall–Kier alpha value is -0.760. The van der Waals surface area contributed by atoms with Gasteiger partial charge in [0.15, 0.2) is 11.6 Å². The van der Waals surface area contributed by atoms with Gasteiger partial charge >= 0.3 is 0 Å². The van der Waals surface area contributed by atoms with Gasteiger partial charge in [-0.15, -0.1) is 11.6 Å². The predicted molar refractivity (Wildman–Crippen MR) is 77.4 cm³/mol. The largest absolute Gasteiger partial charge is 0.494 e. The lowest BCUT2D eigenvalue weighted by molar-refractivity contribution is 0.262. The third-order valence-electron chi connectivity index (χ3n) is 4.32. The molecule has 0 bridgehead atoms. The molecule has 19 heavy (non-hydrogen) atoms. The Balaban J connectivity index is 2.11. The second-order valence-electron chi connectivity index (χ2n) is 5.50. The molecule has 0 amide bonds. The first kappa shape index (κ1) is 14.6. The molecule has 3 heteroatoms. The van der Waals surface area contributed by atoms with Gasteiger partial charge in [-0.2, -0.15) is 0 Å². The molecule has 3 unspecified atom stereocenters. The number of hydrogen-bond donors (Lipinski definition) is 0. The van der Waals surface area contributed by atoms with Crippen LogP contribution < -0.4 is 4.74 Å². The number of alkyl halides is 1. The van der Waals surface area contributed by atoms with Crippen LogP contribution in [0.1, 0.15) is 38.2 Å². The molecule has 0 saturated heterocycles. The van der Waals surface area contributed by atoms with Crippen LogP contribution in [0.5, 0.6) is 5.75 Å². The highest BCUT2D eigenvalue weighted by atomic mass is 35.5. The topological polar surface area (TPSA) is 9.23 Å². The molecule has 0 heterocycles. The second kappa shape index (κ2) is 6.60. The maximum atomic E-state index is 14.2. The van der Waals surface area contributed by atoms with Crippen molar-refractivity contribution < 1.29 is 9.13 Å². The predicted octanol–water partition coefficient (Wildman–Crippen LogP) is 4.81. The van der Waals surface area contributed by atoms with E-state index in [0.717, 1.165) is 24.3 Å². The highest BCUT2D eigenvalue weighted by molar-refractivity contribution is 6.20. The normalized spacial score (nSPS) is 27.3. The molecule has 1 aliphatic rings. The third-order valence-corrected chi connectivity index (χ3v) is 4.90. The summed E-state index contributed by atoms with van der Waals surface area (Å²) in [4.78, 5) is 0. The van der Waals surface area contributed by atoms with Crippen molar-refractivity contribution in [1.29, 1.82) is 0 Å². The molecule has 1 fully saturated rings. The second-order valence-corrected chi connectivity index (χ2v) is 6.06. The lowest BCUT2D eigenvalue weighted by Crippen LogP contribution is -2.27. The van der Waals surface area contributed by atoms with Crippen molar-refractivity contribution >= 4 is 11.6 Å². The lowest BCUT2D eigenvalue weighted by atomic mass is 9.77. The Morgan fingerprint density at radius 3 is 2.84 bits per heavy atom. The van der Waals surface area contributed by atoms with Gasteiger partial charge in [-0.3, -0.25) is 0 Å². The highest BCUT2D eigenvalue weighted by Crippen LogP contribution is 2.37. The molecular formula is C16H22ClFO. The van der Waals surface area contributed by atoms with Crippen LogP contribution in [-0.4, -0.2) is 12.5 Å². The third kappa shape index (κ3) is 3.42. The van der Waals surface area contributed by atoms with Gasteiger partial charge in [0.1, 0.15) is 0 Å². The Kier molecular flexibility index (Phi) is 5.09. The van der Waals surface area contributed by atoms with E-state index in [2.05, 4.69) is 6.92 Å². The first-order valence-electron chi connectivity index (χ1n) is 7.11. The molecule has 1 aromatic rings. The number of benzene rings is 1. The fraction of sp³-hybridized carbons (Fsp3) is 0.625. The van der Waals surface area contributed by atoms with Crippen molar-refractivity contribution in [3.63, 3.8) is 0 Å². The SMILES string of the molecule is CCC1CCC(Cl)C(Cc2cccc(OC)c2F)C1. The van der Waals surface area contributed by atoms with Crippen LogP contribution in [-0.2, 0) is 6.42 Å². The van der Waals surface area contributed by atoms with Gasteiger partial charge < -0.3 is 4.74 Å². The monoisotopic (exact) mass is 284 g/mol. The molecule has 1 nitrogen and oxygen atoms in total. The van der Waals surface area contributed by atoms with Gasteiger partial charge in [0.2, 0.25) is 0 Å². The fourth-order valence-electron chi connectivity index (χ4n) is 3.06. The van der Waals surface area contributed by atoms with Gasteiger partial charge in [-0.05, 0) is 49.1 Å². The average molecular weight is 285 g/mol. The van der Waals surface area contributed by atoms with E-state index in [4.69, 9.17) is 16.3 Å². The number of halogens is 2. The summed E-state index contributed by atoms with van der Waals surface area (Å²) in [6, 6.07) is 5.35. The minimum absolute atomic E-state index is 0.174. The van der Waals surface area contributed by atoms with Crippen molar-refractivity contribution in [1.82, 2.24) is 0 Å². The van der Waals surface area contributed by atoms with E-state index in [1.54, 1.807) is 6.07 Å². The maximum Gasteiger partial charge on any atom is 0.168 e. The minimum atomic E-state index is -0.229. The van der Waals surface area contributed by atoms with Crippen LogP contribution in [0.3, 0.4) is 0 Å². The van der Waals surface area contributed by atoms with Crippen molar-refractivity contribution in [3.8, 4) is 5.75 Å². The minimum Gasteiger partial charge on any atom is -0.494 e. The molecule has 0 spiro atoms. The fourth-order valence-corrected chi connectivity index (χ4v) is 3.38. The molecule has 1 aliphatic carbocycles. The Labute approximate surface area is 120 Å². The van der Waals surface area contributed by atoms with E-state index in [-0.39, 0.29) is 11.2 Å². The molecule has 0 N–H and O–H groups in total. The summed E-state index contributed by atoms with van der Waals surface area (Å²) < 4.78 is 19.2. The van der Waals surface area contributed by atoms with Crippen LogP contribution >= 0.6 is 11.6 Å². The maximum absolute atomic E-state index is 14.2. The summed E-state index contributed by atoms with van der Waals surface area (Å²) >= 11 is 6.43. The van der Waals surface area contributed by atoms with E-state index in [1.165, 1.54) is 20.0 Å². The summed E-state index contributed by atoms with van der Waals surface area (Å²) in [5, 5.41) is 0.174. The summed E-state index contributed by atoms with van der Waals surface area (Å²) in [5.41, 5.74) is 0.728. The summed E-state index contributed by atoms with van der Waals surface area (Å²) in [7, 11) is 1.50. The number of methoxy groups -OCH3 is 1. The zero-order valence-electron chi connectivity index (χ0n) is 11.7. The van der Waals surface area contributed by atoms with E-state index in [9.17, 15) is 4.39 Å². The Bertz CT molecular complexity index is 421. The van der Waals surface area contributed by atoms with Crippen LogP contribution in [0.15, 0.2) is 18.2 Å². The Morgan fingerprint density at radius 2 is 2.16 bits per heavy atom. The molecule has 106 valence electrons. The summed E-state index contributed by atoms with van der Waals surface area (Å²) in [6.07, 6.45) is 5.29. The standard InChI is InChI=1S/C16H22ClFO/c1-3-11-7-8-14(17)13(9-11)10-12-5-4-6-15(19-2)16(12)18/h4-6,11,13-14H,3,7-10H2,1-2H3. The van der Waals surface area contributed by atoms with Gasteiger partial charge in [0, 0.05) is 5.38 Å². The first-order valence-corrected chi connectivity index (χ1v) is 7.54. The smallest absolute Gasteiger partial charge is 0.168 e. The molecule has 2 rings (SSSR count). The van der Waals surface area contributed by atoms with Gasteiger partial charge in [0.05, 0.1) is 7.11 Å². The van der Waals surface area contributed by atoms with E-state index >= 15 is 0 Å². The zero-order valence-corrected chi connectivity index (χ0v) is 12.4.